The summed E-state index contributed by atoms with van der Waals surface area (Å²) in [7, 11) is -1.70. The van der Waals surface area contributed by atoms with E-state index in [0.29, 0.717) is 40.9 Å². The zero-order valence-corrected chi connectivity index (χ0v) is 24.0. The summed E-state index contributed by atoms with van der Waals surface area (Å²) in [6.45, 7) is 17.8. The molecule has 0 amide bonds. The third-order valence-corrected chi connectivity index (χ3v) is 16.6. The number of hydrogen-bond acceptors (Lipinski definition) is 3. The van der Waals surface area contributed by atoms with Crippen molar-refractivity contribution in [2.24, 2.45) is 40.4 Å². The van der Waals surface area contributed by atoms with Crippen LogP contribution in [0.25, 0.3) is 0 Å². The number of cyclic esters (lactones) is 1. The molecule has 3 nitrogen and oxygen atoms in total. The van der Waals surface area contributed by atoms with E-state index in [1.54, 1.807) is 5.57 Å². The van der Waals surface area contributed by atoms with Crippen molar-refractivity contribution in [1.82, 2.24) is 0 Å². The van der Waals surface area contributed by atoms with Crippen LogP contribution in [-0.2, 0) is 14.0 Å². The van der Waals surface area contributed by atoms with Gasteiger partial charge in [-0.15, -0.1) is 0 Å². The fraction of sp³-hybridized carbons (Fsp3) is 0.900. The Morgan fingerprint density at radius 2 is 1.79 bits per heavy atom. The van der Waals surface area contributed by atoms with Crippen molar-refractivity contribution in [2.45, 2.75) is 123 Å². The summed E-state index contributed by atoms with van der Waals surface area (Å²) in [6, 6.07) is 0. The van der Waals surface area contributed by atoms with Gasteiger partial charge in [-0.05, 0) is 110 Å². The van der Waals surface area contributed by atoms with Gasteiger partial charge in [0.1, 0.15) is 0 Å². The van der Waals surface area contributed by atoms with E-state index in [9.17, 15) is 4.79 Å². The van der Waals surface area contributed by atoms with Crippen molar-refractivity contribution >= 4 is 14.3 Å². The summed E-state index contributed by atoms with van der Waals surface area (Å²) >= 11 is 0. The maximum atomic E-state index is 11.6. The van der Waals surface area contributed by atoms with E-state index in [4.69, 9.17) is 9.16 Å². The van der Waals surface area contributed by atoms with Gasteiger partial charge in [0.2, 0.25) is 0 Å². The van der Waals surface area contributed by atoms with Crippen molar-refractivity contribution in [2.75, 3.05) is 6.61 Å². The molecule has 0 unspecified atom stereocenters. The highest BCUT2D eigenvalue weighted by molar-refractivity contribution is 6.74. The molecule has 1 heterocycles. The fourth-order valence-corrected chi connectivity index (χ4v) is 10.4. The van der Waals surface area contributed by atoms with Gasteiger partial charge in [-0.3, -0.25) is 4.79 Å². The molecule has 1 saturated heterocycles. The molecule has 4 heteroatoms. The minimum absolute atomic E-state index is 0.000332. The SMILES string of the molecule is CC(C)(C)[Si](C)(C)O[C@H]1CC[C@@]2(C)[C@@H](CC[C@H]3[C@H]4CC=C([C@H]5CCC(=O)OC5)[C@@]4(C)CC[C@@H]32)C1. The lowest BCUT2D eigenvalue weighted by molar-refractivity contribution is -0.149. The molecule has 5 rings (SSSR count). The van der Waals surface area contributed by atoms with Crippen LogP contribution in [0.1, 0.15) is 98.8 Å². The Morgan fingerprint density at radius 3 is 2.47 bits per heavy atom. The third kappa shape index (κ3) is 3.98. The topological polar surface area (TPSA) is 35.5 Å². The van der Waals surface area contributed by atoms with Crippen LogP contribution in [0.2, 0.25) is 18.1 Å². The van der Waals surface area contributed by atoms with Crippen molar-refractivity contribution < 1.29 is 14.0 Å². The van der Waals surface area contributed by atoms with Crippen molar-refractivity contribution in [3.8, 4) is 0 Å². The van der Waals surface area contributed by atoms with Gasteiger partial charge in [-0.25, -0.2) is 0 Å². The molecule has 34 heavy (non-hydrogen) atoms. The molecule has 0 N–H and O–H groups in total. The number of fused-ring (bicyclic) bond motifs is 5. The zero-order valence-electron chi connectivity index (χ0n) is 23.0. The van der Waals surface area contributed by atoms with Gasteiger partial charge in [0, 0.05) is 18.4 Å². The molecule has 8 atom stereocenters. The number of carbonyl (C=O) groups excluding carboxylic acids is 1. The average molecular weight is 487 g/mol. The number of carbonyl (C=O) groups is 1. The molecule has 0 spiro atoms. The van der Waals surface area contributed by atoms with Gasteiger partial charge in [0.25, 0.3) is 0 Å². The molecule has 0 aromatic heterocycles. The Kier molecular flexibility index (Phi) is 6.24. The van der Waals surface area contributed by atoms with Crippen molar-refractivity contribution in [3.63, 3.8) is 0 Å². The van der Waals surface area contributed by atoms with Gasteiger partial charge >= 0.3 is 5.97 Å². The van der Waals surface area contributed by atoms with Crippen LogP contribution in [0.15, 0.2) is 11.6 Å². The van der Waals surface area contributed by atoms with Crippen LogP contribution in [0.4, 0.5) is 0 Å². The predicted molar refractivity (Wildman–Crippen MR) is 141 cm³/mol. The highest BCUT2D eigenvalue weighted by Gasteiger charge is 2.59. The number of esters is 1. The molecule has 0 aromatic carbocycles. The maximum Gasteiger partial charge on any atom is 0.305 e. The molecule has 3 saturated carbocycles. The monoisotopic (exact) mass is 486 g/mol. The molecular weight excluding hydrogens is 436 g/mol. The van der Waals surface area contributed by atoms with E-state index >= 15 is 0 Å². The van der Waals surface area contributed by atoms with Gasteiger partial charge in [0.15, 0.2) is 8.32 Å². The van der Waals surface area contributed by atoms with Crippen LogP contribution in [-0.4, -0.2) is 27.0 Å². The van der Waals surface area contributed by atoms with Crippen LogP contribution in [0.5, 0.6) is 0 Å². The molecular formula is C30H50O3Si. The van der Waals surface area contributed by atoms with E-state index in [1.807, 2.05) is 0 Å². The highest BCUT2D eigenvalue weighted by atomic mass is 28.4. The van der Waals surface area contributed by atoms with Gasteiger partial charge in [-0.2, -0.15) is 0 Å². The molecule has 0 bridgehead atoms. The van der Waals surface area contributed by atoms with E-state index in [1.165, 1.54) is 51.4 Å². The second-order valence-electron chi connectivity index (χ2n) is 14.7. The van der Waals surface area contributed by atoms with Crippen LogP contribution in [0.3, 0.4) is 0 Å². The lowest BCUT2D eigenvalue weighted by Crippen LogP contribution is -2.55. The average Bonchev–Trinajstić information content (AvgIpc) is 3.11. The third-order valence-electron chi connectivity index (χ3n) is 12.1. The first-order valence-corrected chi connectivity index (χ1v) is 17.3. The van der Waals surface area contributed by atoms with Gasteiger partial charge < -0.3 is 9.16 Å². The summed E-state index contributed by atoms with van der Waals surface area (Å²) in [4.78, 5) is 11.6. The van der Waals surface area contributed by atoms with E-state index in [0.717, 1.165) is 30.1 Å². The Labute approximate surface area is 209 Å². The molecule has 4 aliphatic carbocycles. The minimum Gasteiger partial charge on any atom is -0.465 e. The molecule has 192 valence electrons. The second kappa shape index (κ2) is 8.47. The van der Waals surface area contributed by atoms with E-state index in [2.05, 4.69) is 53.8 Å². The molecule has 1 aliphatic heterocycles. The van der Waals surface area contributed by atoms with E-state index < -0.39 is 8.32 Å². The van der Waals surface area contributed by atoms with Gasteiger partial charge in [-0.1, -0.05) is 46.3 Å². The largest absolute Gasteiger partial charge is 0.465 e. The highest BCUT2D eigenvalue weighted by Crippen LogP contribution is 2.67. The van der Waals surface area contributed by atoms with Crippen molar-refractivity contribution in [1.29, 1.82) is 0 Å². The van der Waals surface area contributed by atoms with Crippen molar-refractivity contribution in [3.05, 3.63) is 11.6 Å². The fourth-order valence-electron chi connectivity index (χ4n) is 9.04. The standard InChI is InChI=1S/C30H50O3Si/c1-28(2,3)34(6,7)33-22-14-16-29(4)21(18-22)9-10-23-25-12-11-24(20-8-13-27(31)32-19-20)30(25,5)17-15-26(23)29/h11,20-23,25-26H,8-10,12-19H2,1-7H3/t20-,21-,22-,23-,25+,26-,29-,30+/m0/s1. The van der Waals surface area contributed by atoms with Crippen LogP contribution < -0.4 is 0 Å². The summed E-state index contributed by atoms with van der Waals surface area (Å²) in [5, 5.41) is 0.295. The normalized spacial score (nSPS) is 45.0. The Hall–Kier alpha value is -0.613. The summed E-state index contributed by atoms with van der Waals surface area (Å²) in [5.41, 5.74) is 2.49. The van der Waals surface area contributed by atoms with Crippen LogP contribution in [0, 0.1) is 40.4 Å². The van der Waals surface area contributed by atoms with Crippen LogP contribution >= 0.6 is 0 Å². The number of hydrogen-bond donors (Lipinski definition) is 0. The predicted octanol–water partition coefficient (Wildman–Crippen LogP) is 7.91. The lowest BCUT2D eigenvalue weighted by atomic mass is 9.44. The number of rotatable bonds is 3. The summed E-state index contributed by atoms with van der Waals surface area (Å²) < 4.78 is 12.4. The first-order chi connectivity index (χ1) is 15.8. The zero-order chi connectivity index (χ0) is 24.5. The van der Waals surface area contributed by atoms with Gasteiger partial charge in [0.05, 0.1) is 6.61 Å². The minimum atomic E-state index is -1.70. The molecule has 0 aromatic rings. The quantitative estimate of drug-likeness (QED) is 0.231. The maximum absolute atomic E-state index is 11.6. The molecule has 4 fully saturated rings. The molecule has 5 aliphatic rings. The lowest BCUT2D eigenvalue weighted by Gasteiger charge is -2.61. The summed E-state index contributed by atoms with van der Waals surface area (Å²) in [5.74, 6) is 3.87. The Balaban J connectivity index is 1.28. The molecule has 0 radical (unpaired) electrons. The first kappa shape index (κ1) is 25.1. The number of allylic oxidation sites excluding steroid dienone is 1. The Bertz CT molecular complexity index is 830. The number of ether oxygens (including phenoxy) is 1. The summed E-state index contributed by atoms with van der Waals surface area (Å²) in [6.07, 6.45) is 15.4. The van der Waals surface area contributed by atoms with E-state index in [-0.39, 0.29) is 5.97 Å². The Morgan fingerprint density at radius 1 is 1.03 bits per heavy atom. The second-order valence-corrected chi connectivity index (χ2v) is 19.5. The first-order valence-electron chi connectivity index (χ1n) is 14.4. The smallest absolute Gasteiger partial charge is 0.305 e.